The van der Waals surface area contributed by atoms with Crippen LogP contribution in [0.4, 0.5) is 0 Å². The number of benzene rings is 1. The maximum Gasteiger partial charge on any atom is 0.254 e. The first-order chi connectivity index (χ1) is 11.6. The topological polar surface area (TPSA) is 78.4 Å². The van der Waals surface area contributed by atoms with Gasteiger partial charge in [-0.25, -0.2) is 0 Å². The third-order valence-corrected chi connectivity index (χ3v) is 4.68. The molecule has 0 radical (unpaired) electrons. The molecular formula is C19H28N2O3. The molecule has 1 aromatic rings. The van der Waals surface area contributed by atoms with Crippen LogP contribution in [0.2, 0.25) is 0 Å². The van der Waals surface area contributed by atoms with Crippen molar-refractivity contribution < 1.29 is 14.7 Å². The highest BCUT2D eigenvalue weighted by Gasteiger charge is 2.41. The molecule has 24 heavy (non-hydrogen) atoms. The molecule has 1 fully saturated rings. The highest BCUT2D eigenvalue weighted by atomic mass is 16.3. The number of aliphatic hydroxyl groups is 1. The Morgan fingerprint density at radius 1 is 1.17 bits per heavy atom. The monoisotopic (exact) mass is 332 g/mol. The van der Waals surface area contributed by atoms with Crippen LogP contribution in [0.15, 0.2) is 30.3 Å². The highest BCUT2D eigenvalue weighted by molar-refractivity contribution is 5.93. The molecule has 1 atom stereocenters. The molecule has 0 bridgehead atoms. The van der Waals surface area contributed by atoms with Crippen LogP contribution in [0.25, 0.3) is 0 Å². The van der Waals surface area contributed by atoms with Crippen molar-refractivity contribution in [2.24, 2.45) is 0 Å². The van der Waals surface area contributed by atoms with Crippen LogP contribution in [0.1, 0.15) is 63.5 Å². The van der Waals surface area contributed by atoms with E-state index < -0.39 is 17.6 Å². The first kappa shape index (κ1) is 18.5. The van der Waals surface area contributed by atoms with Crippen molar-refractivity contribution in [2.75, 3.05) is 6.54 Å². The fourth-order valence-corrected chi connectivity index (χ4v) is 3.20. The molecule has 0 spiro atoms. The largest absolute Gasteiger partial charge is 0.378 e. The van der Waals surface area contributed by atoms with E-state index in [4.69, 9.17) is 0 Å². The van der Waals surface area contributed by atoms with E-state index in [0.29, 0.717) is 24.9 Å². The van der Waals surface area contributed by atoms with E-state index in [0.717, 1.165) is 32.1 Å². The number of rotatable bonds is 7. The highest BCUT2D eigenvalue weighted by Crippen LogP contribution is 2.29. The number of nitrogens with one attached hydrogen (secondary N) is 2. The van der Waals surface area contributed by atoms with E-state index in [9.17, 15) is 14.7 Å². The molecule has 2 rings (SSSR count). The maximum absolute atomic E-state index is 12.7. The predicted octanol–water partition coefficient (Wildman–Crippen LogP) is 2.46. The molecule has 0 heterocycles. The molecule has 2 amide bonds. The van der Waals surface area contributed by atoms with E-state index in [1.807, 2.05) is 6.07 Å². The quantitative estimate of drug-likeness (QED) is 0.671. The van der Waals surface area contributed by atoms with Crippen molar-refractivity contribution in [3.63, 3.8) is 0 Å². The minimum Gasteiger partial charge on any atom is -0.378 e. The van der Waals surface area contributed by atoms with Gasteiger partial charge in [-0.3, -0.25) is 9.59 Å². The Labute approximate surface area is 143 Å². The Bertz CT molecular complexity index is 539. The van der Waals surface area contributed by atoms with Gasteiger partial charge >= 0.3 is 0 Å². The van der Waals surface area contributed by atoms with Crippen LogP contribution in [-0.4, -0.2) is 29.0 Å². The van der Waals surface area contributed by atoms with E-state index in [-0.39, 0.29) is 5.91 Å². The van der Waals surface area contributed by atoms with Gasteiger partial charge in [0.15, 0.2) is 6.10 Å². The first-order valence-electron chi connectivity index (χ1n) is 8.92. The van der Waals surface area contributed by atoms with Crippen LogP contribution in [0.3, 0.4) is 0 Å². The molecule has 132 valence electrons. The fraction of sp³-hybridized carbons (Fsp3) is 0.579. The Morgan fingerprint density at radius 3 is 2.46 bits per heavy atom. The number of hydrogen-bond acceptors (Lipinski definition) is 3. The smallest absolute Gasteiger partial charge is 0.254 e. The Balaban J connectivity index is 2.07. The maximum atomic E-state index is 12.7. The summed E-state index contributed by atoms with van der Waals surface area (Å²) in [6.45, 7) is 2.69. The molecule has 0 aliphatic heterocycles. The minimum absolute atomic E-state index is 0.121. The summed E-state index contributed by atoms with van der Waals surface area (Å²) in [4.78, 5) is 25.2. The number of carbonyl (C=O) groups excluding carboxylic acids is 2. The van der Waals surface area contributed by atoms with Gasteiger partial charge in [0.1, 0.15) is 5.54 Å². The van der Waals surface area contributed by atoms with Crippen LogP contribution >= 0.6 is 0 Å². The van der Waals surface area contributed by atoms with Crippen molar-refractivity contribution in [1.82, 2.24) is 10.6 Å². The number of carbonyl (C=O) groups is 2. The van der Waals surface area contributed by atoms with Gasteiger partial charge in [0.25, 0.3) is 5.91 Å². The lowest BCUT2D eigenvalue weighted by Crippen LogP contribution is -2.60. The predicted molar refractivity (Wildman–Crippen MR) is 93.3 cm³/mol. The molecular weight excluding hydrogens is 304 g/mol. The van der Waals surface area contributed by atoms with Crippen LogP contribution in [0, 0.1) is 0 Å². The summed E-state index contributed by atoms with van der Waals surface area (Å²) in [6, 6.07) is 8.80. The summed E-state index contributed by atoms with van der Waals surface area (Å²) in [5, 5.41) is 16.1. The Hall–Kier alpha value is -1.88. The van der Waals surface area contributed by atoms with Crippen LogP contribution < -0.4 is 10.6 Å². The zero-order valence-electron chi connectivity index (χ0n) is 14.4. The summed E-state index contributed by atoms with van der Waals surface area (Å²) >= 11 is 0. The van der Waals surface area contributed by atoms with Gasteiger partial charge in [0, 0.05) is 6.54 Å². The third-order valence-electron chi connectivity index (χ3n) is 4.68. The number of amides is 2. The normalized spacial score (nSPS) is 17.8. The van der Waals surface area contributed by atoms with Gasteiger partial charge in [-0.1, -0.05) is 62.9 Å². The third kappa shape index (κ3) is 4.57. The second kappa shape index (κ2) is 8.83. The molecule has 3 N–H and O–H groups in total. The summed E-state index contributed by atoms with van der Waals surface area (Å²) in [7, 11) is 0. The van der Waals surface area contributed by atoms with Gasteiger partial charge in [0.2, 0.25) is 5.91 Å². The van der Waals surface area contributed by atoms with Crippen molar-refractivity contribution in [3.8, 4) is 0 Å². The number of hydrogen-bond donors (Lipinski definition) is 3. The second-order valence-corrected chi connectivity index (χ2v) is 6.55. The molecule has 1 aliphatic carbocycles. The van der Waals surface area contributed by atoms with Crippen molar-refractivity contribution >= 4 is 11.8 Å². The van der Waals surface area contributed by atoms with E-state index >= 15 is 0 Å². The molecule has 0 saturated heterocycles. The average Bonchev–Trinajstić information content (AvgIpc) is 2.62. The standard InChI is InChI=1S/C19H28N2O3/c1-2-3-14-20-18(24)19(12-8-5-9-13-19)21-17(23)16(22)15-10-6-4-7-11-15/h4,6-7,10-11,16,22H,2-3,5,8-9,12-14H2,1H3,(H,20,24)(H,21,23). The number of unbranched alkanes of at least 4 members (excludes halogenated alkanes) is 1. The van der Waals surface area contributed by atoms with Crippen molar-refractivity contribution in [1.29, 1.82) is 0 Å². The summed E-state index contributed by atoms with van der Waals surface area (Å²) in [5.41, 5.74) is -0.355. The Kier molecular flexibility index (Phi) is 6.79. The molecule has 1 aromatic carbocycles. The van der Waals surface area contributed by atoms with E-state index in [2.05, 4.69) is 17.6 Å². The average molecular weight is 332 g/mol. The zero-order chi connectivity index (χ0) is 17.4. The molecule has 5 nitrogen and oxygen atoms in total. The lowest BCUT2D eigenvalue weighted by atomic mass is 9.80. The van der Waals surface area contributed by atoms with Gasteiger partial charge in [0.05, 0.1) is 0 Å². The Morgan fingerprint density at radius 2 is 1.83 bits per heavy atom. The van der Waals surface area contributed by atoms with E-state index in [1.54, 1.807) is 24.3 Å². The minimum atomic E-state index is -1.26. The molecule has 1 unspecified atom stereocenters. The first-order valence-corrected chi connectivity index (χ1v) is 8.92. The fourth-order valence-electron chi connectivity index (χ4n) is 3.20. The van der Waals surface area contributed by atoms with Gasteiger partial charge in [-0.15, -0.1) is 0 Å². The lowest BCUT2D eigenvalue weighted by Gasteiger charge is -2.37. The van der Waals surface area contributed by atoms with Crippen LogP contribution in [-0.2, 0) is 9.59 Å². The second-order valence-electron chi connectivity index (χ2n) is 6.55. The zero-order valence-corrected chi connectivity index (χ0v) is 14.4. The molecule has 0 aromatic heterocycles. The lowest BCUT2D eigenvalue weighted by molar-refractivity contribution is -0.139. The summed E-state index contributed by atoms with van der Waals surface area (Å²) in [5.74, 6) is -0.627. The van der Waals surface area contributed by atoms with Crippen molar-refractivity contribution in [2.45, 2.75) is 63.5 Å². The van der Waals surface area contributed by atoms with Crippen LogP contribution in [0.5, 0.6) is 0 Å². The van der Waals surface area contributed by atoms with Gasteiger partial charge in [-0.05, 0) is 24.8 Å². The number of aliphatic hydroxyl groups excluding tert-OH is 1. The van der Waals surface area contributed by atoms with Gasteiger partial charge in [-0.2, -0.15) is 0 Å². The summed E-state index contributed by atoms with van der Waals surface area (Å²) in [6.07, 6.45) is 4.80. The SMILES string of the molecule is CCCCNC(=O)C1(NC(=O)C(O)c2ccccc2)CCCCC1. The van der Waals surface area contributed by atoms with Crippen molar-refractivity contribution in [3.05, 3.63) is 35.9 Å². The molecule has 1 aliphatic rings. The van der Waals surface area contributed by atoms with E-state index in [1.165, 1.54) is 0 Å². The molecule has 5 heteroatoms. The summed E-state index contributed by atoms with van der Waals surface area (Å²) < 4.78 is 0. The molecule has 1 saturated carbocycles. The van der Waals surface area contributed by atoms with Gasteiger partial charge < -0.3 is 15.7 Å².